The molecule has 0 atom stereocenters. The topological polar surface area (TPSA) is 107 Å². The Morgan fingerprint density at radius 2 is 1.65 bits per heavy atom. The number of hydrogen-bond donors (Lipinski definition) is 1. The second-order valence-electron chi connectivity index (χ2n) is 3.97. The van der Waals surface area contributed by atoms with Gasteiger partial charge in [0.15, 0.2) is 5.75 Å². The van der Waals surface area contributed by atoms with Gasteiger partial charge in [-0.2, -0.15) is 0 Å². The number of nitro benzene ring substituents is 2. The number of benzene rings is 1. The normalized spacial score (nSPS) is 10.6. The summed E-state index contributed by atoms with van der Waals surface area (Å²) in [6, 6.07) is 0.788. The number of aromatic hydroxyl groups is 1. The fraction of sp³-hybridized carbons (Fsp3) is 0.400. The van der Waals surface area contributed by atoms with Crippen molar-refractivity contribution >= 4 is 11.4 Å². The van der Waals surface area contributed by atoms with Crippen LogP contribution in [0.25, 0.3) is 0 Å². The molecule has 0 heterocycles. The van der Waals surface area contributed by atoms with Crippen LogP contribution < -0.4 is 0 Å². The van der Waals surface area contributed by atoms with Crippen LogP contribution in [0.3, 0.4) is 0 Å². The van der Waals surface area contributed by atoms with Gasteiger partial charge in [0, 0.05) is 11.1 Å². The smallest absolute Gasteiger partial charge is 0.317 e. The van der Waals surface area contributed by atoms with Crippen molar-refractivity contribution in [3.63, 3.8) is 0 Å². The van der Waals surface area contributed by atoms with Gasteiger partial charge >= 0.3 is 5.69 Å². The van der Waals surface area contributed by atoms with Gasteiger partial charge in [0.2, 0.25) is 0 Å². The molecule has 0 unspecified atom stereocenters. The maximum Gasteiger partial charge on any atom is 0.317 e. The largest absolute Gasteiger partial charge is 0.502 e. The number of nitrogens with zero attached hydrogens (tertiary/aromatic N) is 2. The second-order valence-corrected chi connectivity index (χ2v) is 3.97. The van der Waals surface area contributed by atoms with E-state index in [4.69, 9.17) is 0 Å². The Morgan fingerprint density at radius 1 is 1.18 bits per heavy atom. The summed E-state index contributed by atoms with van der Waals surface area (Å²) < 4.78 is 0. The maximum atomic E-state index is 10.8. The predicted octanol–water partition coefficient (Wildman–Crippen LogP) is 2.64. The molecule has 0 aromatic heterocycles. The van der Waals surface area contributed by atoms with Crippen molar-refractivity contribution in [1.29, 1.82) is 0 Å². The van der Waals surface area contributed by atoms with Crippen LogP contribution in [-0.2, 0) is 0 Å². The van der Waals surface area contributed by atoms with E-state index >= 15 is 0 Å². The Hall–Kier alpha value is -2.18. The maximum absolute atomic E-state index is 10.8. The van der Waals surface area contributed by atoms with E-state index in [-0.39, 0.29) is 22.7 Å². The van der Waals surface area contributed by atoms with Crippen molar-refractivity contribution in [3.8, 4) is 5.75 Å². The molecule has 0 aliphatic heterocycles. The van der Waals surface area contributed by atoms with Gasteiger partial charge in [-0.25, -0.2) is 0 Å². The molecule has 0 aliphatic carbocycles. The highest BCUT2D eigenvalue weighted by Crippen LogP contribution is 2.41. The highest BCUT2D eigenvalue weighted by atomic mass is 16.6. The molecule has 92 valence electrons. The van der Waals surface area contributed by atoms with Crippen molar-refractivity contribution < 1.29 is 15.0 Å². The summed E-state index contributed by atoms with van der Waals surface area (Å²) in [5, 5.41) is 31.2. The molecule has 17 heavy (non-hydrogen) atoms. The summed E-state index contributed by atoms with van der Waals surface area (Å²) in [7, 11) is 0. The van der Waals surface area contributed by atoms with Crippen LogP contribution in [0, 0.1) is 27.2 Å². The number of hydrogen-bond acceptors (Lipinski definition) is 5. The van der Waals surface area contributed by atoms with E-state index in [2.05, 4.69) is 0 Å². The first-order valence-electron chi connectivity index (χ1n) is 4.92. The minimum absolute atomic E-state index is 0.242. The van der Waals surface area contributed by atoms with E-state index < -0.39 is 21.3 Å². The molecule has 0 saturated heterocycles. The quantitative estimate of drug-likeness (QED) is 0.645. The number of rotatable bonds is 3. The van der Waals surface area contributed by atoms with Gasteiger partial charge in [0.05, 0.1) is 15.9 Å². The third-order valence-corrected chi connectivity index (χ3v) is 2.53. The van der Waals surface area contributed by atoms with Crippen molar-refractivity contribution in [2.45, 2.75) is 26.7 Å². The molecule has 0 radical (unpaired) electrons. The van der Waals surface area contributed by atoms with Gasteiger partial charge < -0.3 is 5.11 Å². The highest BCUT2D eigenvalue weighted by Gasteiger charge is 2.28. The summed E-state index contributed by atoms with van der Waals surface area (Å²) in [5.74, 6) is -0.735. The molecular weight excluding hydrogens is 228 g/mol. The highest BCUT2D eigenvalue weighted by molar-refractivity contribution is 5.63. The number of phenols is 1. The first-order chi connectivity index (χ1) is 7.77. The lowest BCUT2D eigenvalue weighted by molar-refractivity contribution is -0.395. The molecule has 1 rings (SSSR count). The van der Waals surface area contributed by atoms with Crippen LogP contribution in [0.5, 0.6) is 5.75 Å². The molecule has 0 saturated carbocycles. The summed E-state index contributed by atoms with van der Waals surface area (Å²) >= 11 is 0. The van der Waals surface area contributed by atoms with E-state index in [1.807, 2.05) is 0 Å². The first kappa shape index (κ1) is 12.9. The average Bonchev–Trinajstić information content (AvgIpc) is 2.15. The van der Waals surface area contributed by atoms with Crippen molar-refractivity contribution in [2.24, 2.45) is 0 Å². The molecule has 0 aliphatic rings. The molecule has 1 aromatic rings. The van der Waals surface area contributed by atoms with Crippen LogP contribution in [0.2, 0.25) is 0 Å². The SMILES string of the molecule is Cc1c([N+](=O)[O-])cc([N+](=O)[O-])c(O)c1C(C)C. The van der Waals surface area contributed by atoms with Gasteiger partial charge in [0.25, 0.3) is 5.69 Å². The van der Waals surface area contributed by atoms with Gasteiger partial charge in [-0.05, 0) is 12.8 Å². The Morgan fingerprint density at radius 3 is 2.00 bits per heavy atom. The Bertz CT molecular complexity index is 458. The molecule has 1 aromatic carbocycles. The Labute approximate surface area is 97.0 Å². The average molecular weight is 240 g/mol. The first-order valence-corrected chi connectivity index (χ1v) is 4.92. The number of phenolic OH excluding ortho intramolecular Hbond substituents is 1. The minimum Gasteiger partial charge on any atom is -0.502 e. The summed E-state index contributed by atoms with van der Waals surface area (Å²) in [5.41, 5.74) is -0.483. The summed E-state index contributed by atoms with van der Waals surface area (Å²) in [6.07, 6.45) is 0. The molecule has 7 heteroatoms. The molecule has 0 spiro atoms. The van der Waals surface area contributed by atoms with Gasteiger partial charge in [-0.3, -0.25) is 20.2 Å². The molecule has 0 amide bonds. The summed E-state index contributed by atoms with van der Waals surface area (Å²) in [4.78, 5) is 20.0. The van der Waals surface area contributed by atoms with E-state index in [1.165, 1.54) is 6.92 Å². The molecular formula is C10H12N2O5. The number of nitro groups is 2. The summed E-state index contributed by atoms with van der Waals surface area (Å²) in [6.45, 7) is 4.88. The van der Waals surface area contributed by atoms with E-state index in [0.717, 1.165) is 6.07 Å². The lowest BCUT2D eigenvalue weighted by atomic mass is 9.94. The van der Waals surface area contributed by atoms with Crippen LogP contribution in [0.1, 0.15) is 30.9 Å². The fourth-order valence-electron chi connectivity index (χ4n) is 1.79. The second kappa shape index (κ2) is 4.36. The third kappa shape index (κ3) is 2.17. The Kier molecular flexibility index (Phi) is 3.31. The lowest BCUT2D eigenvalue weighted by Crippen LogP contribution is -2.02. The van der Waals surface area contributed by atoms with E-state index in [0.29, 0.717) is 0 Å². The van der Waals surface area contributed by atoms with E-state index in [9.17, 15) is 25.3 Å². The van der Waals surface area contributed by atoms with Crippen LogP contribution in [0.15, 0.2) is 6.07 Å². The standard InChI is InChI=1S/C10H12N2O5/c1-5(2)9-6(3)7(11(14)15)4-8(10(9)13)12(16)17/h4-5,13H,1-3H3. The van der Waals surface area contributed by atoms with Crippen LogP contribution in [-0.4, -0.2) is 15.0 Å². The van der Waals surface area contributed by atoms with E-state index in [1.54, 1.807) is 13.8 Å². The van der Waals surface area contributed by atoms with Crippen molar-refractivity contribution in [3.05, 3.63) is 37.4 Å². The predicted molar refractivity (Wildman–Crippen MR) is 60.2 cm³/mol. The Balaban J connectivity index is 3.69. The third-order valence-electron chi connectivity index (χ3n) is 2.53. The van der Waals surface area contributed by atoms with Crippen LogP contribution in [0.4, 0.5) is 11.4 Å². The van der Waals surface area contributed by atoms with Crippen LogP contribution >= 0.6 is 0 Å². The molecule has 1 N–H and O–H groups in total. The van der Waals surface area contributed by atoms with Crippen molar-refractivity contribution in [2.75, 3.05) is 0 Å². The molecule has 7 nitrogen and oxygen atoms in total. The zero-order valence-electron chi connectivity index (χ0n) is 9.63. The fourth-order valence-corrected chi connectivity index (χ4v) is 1.79. The minimum atomic E-state index is -0.826. The lowest BCUT2D eigenvalue weighted by Gasteiger charge is -2.12. The zero-order chi connectivity index (χ0) is 13.3. The van der Waals surface area contributed by atoms with Crippen molar-refractivity contribution in [1.82, 2.24) is 0 Å². The van der Waals surface area contributed by atoms with Gasteiger partial charge in [-0.1, -0.05) is 13.8 Å². The zero-order valence-corrected chi connectivity index (χ0v) is 9.63. The monoisotopic (exact) mass is 240 g/mol. The van der Waals surface area contributed by atoms with Gasteiger partial charge in [0.1, 0.15) is 0 Å². The molecule has 0 bridgehead atoms. The van der Waals surface area contributed by atoms with Gasteiger partial charge in [-0.15, -0.1) is 0 Å². The molecule has 0 fully saturated rings.